The minimum Gasteiger partial charge on any atom is -0.447 e. The van der Waals surface area contributed by atoms with E-state index >= 15 is 0 Å². The quantitative estimate of drug-likeness (QED) is 0.670. The summed E-state index contributed by atoms with van der Waals surface area (Å²) in [5.74, 6) is -1.72. The predicted molar refractivity (Wildman–Crippen MR) is 56.8 cm³/mol. The van der Waals surface area contributed by atoms with Crippen molar-refractivity contribution < 1.29 is 18.1 Å². The van der Waals surface area contributed by atoms with E-state index in [4.69, 9.17) is 4.42 Å². The average molecular weight is 255 g/mol. The van der Waals surface area contributed by atoms with Crippen LogP contribution >= 0.6 is 0 Å². The van der Waals surface area contributed by atoms with Crippen LogP contribution in [0.1, 0.15) is 5.76 Å². The molecule has 0 unspecified atom stereocenters. The van der Waals surface area contributed by atoms with Crippen LogP contribution in [0.4, 0.5) is 20.2 Å². The second kappa shape index (κ2) is 4.78. The Kier molecular flexibility index (Phi) is 3.18. The number of nitro benzene ring substituents is 1. The molecule has 6 nitrogen and oxygen atoms in total. The number of aromatic nitrogens is 1. The molecule has 0 radical (unpaired) electrons. The van der Waals surface area contributed by atoms with Crippen LogP contribution in [0.25, 0.3) is 0 Å². The van der Waals surface area contributed by atoms with Crippen molar-refractivity contribution in [2.24, 2.45) is 0 Å². The number of nitrogens with zero attached hydrogens (tertiary/aromatic N) is 2. The van der Waals surface area contributed by atoms with Crippen molar-refractivity contribution in [3.8, 4) is 0 Å². The Bertz CT molecular complexity index is 572. The highest BCUT2D eigenvalue weighted by molar-refractivity contribution is 5.53. The van der Waals surface area contributed by atoms with Gasteiger partial charge in [-0.15, -0.1) is 0 Å². The third-order valence-electron chi connectivity index (χ3n) is 2.17. The van der Waals surface area contributed by atoms with Crippen LogP contribution in [-0.4, -0.2) is 9.91 Å². The van der Waals surface area contributed by atoms with E-state index in [1.165, 1.54) is 12.6 Å². The zero-order chi connectivity index (χ0) is 13.1. The Morgan fingerprint density at radius 3 is 2.78 bits per heavy atom. The van der Waals surface area contributed by atoms with Crippen molar-refractivity contribution >= 4 is 11.4 Å². The summed E-state index contributed by atoms with van der Waals surface area (Å²) in [6, 6.07) is 1.25. The topological polar surface area (TPSA) is 81.2 Å². The molecule has 0 fully saturated rings. The van der Waals surface area contributed by atoms with Gasteiger partial charge in [-0.1, -0.05) is 0 Å². The number of benzene rings is 1. The van der Waals surface area contributed by atoms with Gasteiger partial charge >= 0.3 is 5.69 Å². The van der Waals surface area contributed by atoms with Crippen LogP contribution in [0.5, 0.6) is 0 Å². The van der Waals surface area contributed by atoms with Gasteiger partial charge in [0.1, 0.15) is 11.6 Å². The zero-order valence-corrected chi connectivity index (χ0v) is 8.89. The van der Waals surface area contributed by atoms with Crippen LogP contribution in [0, 0.1) is 21.7 Å². The maximum Gasteiger partial charge on any atom is 0.307 e. The lowest BCUT2D eigenvalue weighted by molar-refractivity contribution is -0.387. The van der Waals surface area contributed by atoms with E-state index in [0.29, 0.717) is 11.8 Å². The lowest BCUT2D eigenvalue weighted by Crippen LogP contribution is -2.03. The summed E-state index contributed by atoms with van der Waals surface area (Å²) in [7, 11) is 0. The van der Waals surface area contributed by atoms with Gasteiger partial charge < -0.3 is 9.73 Å². The first-order chi connectivity index (χ1) is 8.58. The lowest BCUT2D eigenvalue weighted by atomic mass is 10.2. The standard InChI is InChI=1S/C10H7F2N3O3/c11-7-1-8(12)10(15(16)17)2-9(7)14-4-6-3-13-5-18-6/h1-3,5,14H,4H2. The fourth-order valence-corrected chi connectivity index (χ4v) is 1.32. The number of hydrogen-bond donors (Lipinski definition) is 1. The van der Waals surface area contributed by atoms with Gasteiger partial charge in [0.2, 0.25) is 5.82 Å². The van der Waals surface area contributed by atoms with E-state index in [0.717, 1.165) is 6.07 Å². The summed E-state index contributed by atoms with van der Waals surface area (Å²) in [5, 5.41) is 13.1. The molecular formula is C10H7F2N3O3. The van der Waals surface area contributed by atoms with Gasteiger partial charge in [0.25, 0.3) is 0 Å². The van der Waals surface area contributed by atoms with Crippen LogP contribution in [0.2, 0.25) is 0 Å². The van der Waals surface area contributed by atoms with Gasteiger partial charge in [0.05, 0.1) is 23.4 Å². The molecule has 1 N–H and O–H groups in total. The highest BCUT2D eigenvalue weighted by Gasteiger charge is 2.18. The summed E-state index contributed by atoms with van der Waals surface area (Å²) in [4.78, 5) is 13.2. The Morgan fingerprint density at radius 2 is 2.17 bits per heavy atom. The lowest BCUT2D eigenvalue weighted by Gasteiger charge is -2.05. The molecule has 94 valence electrons. The van der Waals surface area contributed by atoms with E-state index < -0.39 is 22.2 Å². The molecular weight excluding hydrogens is 248 g/mol. The first kappa shape index (κ1) is 12.0. The maximum atomic E-state index is 13.4. The molecule has 0 atom stereocenters. The summed E-state index contributed by atoms with van der Waals surface area (Å²) >= 11 is 0. The average Bonchev–Trinajstić information content (AvgIpc) is 2.80. The van der Waals surface area contributed by atoms with Crippen molar-refractivity contribution in [3.05, 3.63) is 52.2 Å². The number of rotatable bonds is 4. The van der Waals surface area contributed by atoms with Crippen molar-refractivity contribution in [1.82, 2.24) is 4.98 Å². The molecule has 18 heavy (non-hydrogen) atoms. The number of oxazole rings is 1. The van der Waals surface area contributed by atoms with Crippen LogP contribution < -0.4 is 5.32 Å². The molecule has 0 bridgehead atoms. The molecule has 2 rings (SSSR count). The van der Waals surface area contributed by atoms with Crippen molar-refractivity contribution in [2.45, 2.75) is 6.54 Å². The molecule has 0 spiro atoms. The molecule has 0 aliphatic carbocycles. The van der Waals surface area contributed by atoms with Crippen molar-refractivity contribution in [3.63, 3.8) is 0 Å². The van der Waals surface area contributed by atoms with E-state index in [9.17, 15) is 18.9 Å². The van der Waals surface area contributed by atoms with E-state index in [-0.39, 0.29) is 12.2 Å². The number of nitrogens with one attached hydrogen (secondary N) is 1. The van der Waals surface area contributed by atoms with Gasteiger partial charge in [-0.25, -0.2) is 9.37 Å². The van der Waals surface area contributed by atoms with Crippen molar-refractivity contribution in [2.75, 3.05) is 5.32 Å². The van der Waals surface area contributed by atoms with Crippen LogP contribution in [-0.2, 0) is 6.54 Å². The highest BCUT2D eigenvalue weighted by Crippen LogP contribution is 2.25. The molecule has 0 saturated heterocycles. The molecule has 8 heteroatoms. The Balaban J connectivity index is 2.22. The summed E-state index contributed by atoms with van der Waals surface area (Å²) in [5.41, 5.74) is -0.976. The third kappa shape index (κ3) is 2.42. The number of hydrogen-bond acceptors (Lipinski definition) is 5. The number of halogens is 2. The SMILES string of the molecule is O=[N+]([O-])c1cc(NCc2cnco2)c(F)cc1F. The van der Waals surface area contributed by atoms with Gasteiger partial charge in [0.15, 0.2) is 6.39 Å². The largest absolute Gasteiger partial charge is 0.447 e. The van der Waals surface area contributed by atoms with Gasteiger partial charge in [-0.2, -0.15) is 4.39 Å². The highest BCUT2D eigenvalue weighted by atomic mass is 19.1. The summed E-state index contributed by atoms with van der Waals surface area (Å²) in [6.07, 6.45) is 2.60. The van der Waals surface area contributed by atoms with E-state index in [1.807, 2.05) is 0 Å². The van der Waals surface area contributed by atoms with Crippen LogP contribution in [0.15, 0.2) is 29.1 Å². The van der Waals surface area contributed by atoms with Crippen molar-refractivity contribution in [1.29, 1.82) is 0 Å². The zero-order valence-electron chi connectivity index (χ0n) is 8.89. The normalized spacial score (nSPS) is 10.3. The monoisotopic (exact) mass is 255 g/mol. The fraction of sp³-hybridized carbons (Fsp3) is 0.100. The number of anilines is 1. The minimum atomic E-state index is -1.22. The molecule has 0 amide bonds. The molecule has 1 aromatic carbocycles. The third-order valence-corrected chi connectivity index (χ3v) is 2.17. The van der Waals surface area contributed by atoms with Crippen LogP contribution in [0.3, 0.4) is 0 Å². The first-order valence-electron chi connectivity index (χ1n) is 4.82. The molecule has 0 saturated carbocycles. The Morgan fingerprint density at radius 1 is 1.39 bits per heavy atom. The Labute approximate surface area is 99.4 Å². The van der Waals surface area contributed by atoms with E-state index in [2.05, 4.69) is 10.3 Å². The van der Waals surface area contributed by atoms with Gasteiger partial charge in [-0.3, -0.25) is 10.1 Å². The molecule has 1 heterocycles. The first-order valence-corrected chi connectivity index (χ1v) is 4.82. The summed E-state index contributed by atoms with van der Waals surface area (Å²) in [6.45, 7) is 0.0830. The van der Waals surface area contributed by atoms with Gasteiger partial charge in [-0.05, 0) is 0 Å². The molecule has 1 aromatic heterocycles. The fourth-order valence-electron chi connectivity index (χ4n) is 1.32. The Hall–Kier alpha value is -2.51. The molecule has 0 aliphatic heterocycles. The van der Waals surface area contributed by atoms with E-state index in [1.54, 1.807) is 0 Å². The smallest absolute Gasteiger partial charge is 0.307 e. The maximum absolute atomic E-state index is 13.4. The predicted octanol–water partition coefficient (Wildman–Crippen LogP) is 2.47. The van der Waals surface area contributed by atoms with Gasteiger partial charge in [0, 0.05) is 12.1 Å². The summed E-state index contributed by atoms with van der Waals surface area (Å²) < 4.78 is 31.3. The molecule has 0 aliphatic rings. The minimum absolute atomic E-state index is 0.0830. The molecule has 2 aromatic rings. The second-order valence-corrected chi connectivity index (χ2v) is 3.36. The number of nitro groups is 1. The second-order valence-electron chi connectivity index (χ2n) is 3.36.